The second-order valence-electron chi connectivity index (χ2n) is 5.84. The first kappa shape index (κ1) is 16.4. The van der Waals surface area contributed by atoms with Crippen molar-refractivity contribution >= 4 is 0 Å². The van der Waals surface area contributed by atoms with E-state index in [1.807, 2.05) is 17.8 Å². The summed E-state index contributed by atoms with van der Waals surface area (Å²) in [6.45, 7) is 5.74. The van der Waals surface area contributed by atoms with Gasteiger partial charge in [0.05, 0.1) is 24.0 Å². The van der Waals surface area contributed by atoms with E-state index in [1.54, 1.807) is 0 Å². The maximum Gasteiger partial charge on any atom is 0.0909 e. The Kier molecular flexibility index (Phi) is 6.60. The van der Waals surface area contributed by atoms with Gasteiger partial charge in [-0.1, -0.05) is 31.4 Å². The molecule has 1 aliphatic carbocycles. The summed E-state index contributed by atoms with van der Waals surface area (Å²) in [5, 5.41) is 8.24. The van der Waals surface area contributed by atoms with Crippen LogP contribution in [0.4, 0.5) is 0 Å². The van der Waals surface area contributed by atoms with Crippen LogP contribution in [0.15, 0.2) is 6.20 Å². The van der Waals surface area contributed by atoms with Gasteiger partial charge in [-0.3, -0.25) is 5.84 Å². The third-order valence-corrected chi connectivity index (χ3v) is 4.38. The molecule has 1 aromatic heterocycles. The second kappa shape index (κ2) is 8.46. The van der Waals surface area contributed by atoms with E-state index in [1.165, 1.54) is 32.1 Å². The topological polar surface area (TPSA) is 78.0 Å². The molecule has 1 aliphatic rings. The van der Waals surface area contributed by atoms with E-state index in [2.05, 4.69) is 22.7 Å². The van der Waals surface area contributed by atoms with Crippen LogP contribution in [-0.4, -0.2) is 27.7 Å². The zero-order valence-electron chi connectivity index (χ0n) is 13.3. The van der Waals surface area contributed by atoms with Gasteiger partial charge >= 0.3 is 0 Å². The number of aromatic nitrogens is 3. The van der Waals surface area contributed by atoms with Crippen molar-refractivity contribution in [3.05, 3.63) is 11.9 Å². The van der Waals surface area contributed by atoms with E-state index in [0.717, 1.165) is 18.7 Å². The zero-order valence-corrected chi connectivity index (χ0v) is 13.3. The molecule has 1 saturated carbocycles. The van der Waals surface area contributed by atoms with Crippen molar-refractivity contribution in [3.63, 3.8) is 0 Å². The fourth-order valence-electron chi connectivity index (χ4n) is 3.40. The predicted octanol–water partition coefficient (Wildman–Crippen LogP) is 2.18. The van der Waals surface area contributed by atoms with Gasteiger partial charge in [0.1, 0.15) is 0 Å². The molecule has 0 aromatic carbocycles. The standard InChI is InChI=1S/C15H29N5O/c1-3-10-20-13(11-17-19-20)14(18-16)15(21-4-2)12-8-6-5-7-9-12/h11-12,14-15,18H,3-10,16H2,1-2H3. The third-order valence-electron chi connectivity index (χ3n) is 4.38. The SMILES string of the molecule is CCCn1nncc1C(NN)C(OCC)C1CCCCC1. The van der Waals surface area contributed by atoms with Crippen LogP contribution in [0.25, 0.3) is 0 Å². The number of nitrogens with zero attached hydrogens (tertiary/aromatic N) is 3. The number of hydrazine groups is 1. The molecule has 0 amide bonds. The molecule has 6 nitrogen and oxygen atoms in total. The van der Waals surface area contributed by atoms with Gasteiger partial charge in [0.25, 0.3) is 0 Å². The summed E-state index contributed by atoms with van der Waals surface area (Å²) in [5.41, 5.74) is 3.99. The average molecular weight is 295 g/mol. The lowest BCUT2D eigenvalue weighted by Crippen LogP contribution is -2.43. The van der Waals surface area contributed by atoms with Crippen molar-refractivity contribution < 1.29 is 4.74 Å². The van der Waals surface area contributed by atoms with Gasteiger partial charge < -0.3 is 4.74 Å². The van der Waals surface area contributed by atoms with Crippen molar-refractivity contribution in [1.82, 2.24) is 20.4 Å². The van der Waals surface area contributed by atoms with Gasteiger partial charge in [0.2, 0.25) is 0 Å². The highest BCUT2D eigenvalue weighted by atomic mass is 16.5. The first-order valence-electron chi connectivity index (χ1n) is 8.27. The van der Waals surface area contributed by atoms with E-state index in [9.17, 15) is 0 Å². The molecule has 6 heteroatoms. The first-order chi connectivity index (χ1) is 10.3. The summed E-state index contributed by atoms with van der Waals surface area (Å²) < 4.78 is 8.02. The summed E-state index contributed by atoms with van der Waals surface area (Å²) in [7, 11) is 0. The van der Waals surface area contributed by atoms with Crippen LogP contribution in [0.2, 0.25) is 0 Å². The highest BCUT2D eigenvalue weighted by Gasteiger charge is 2.33. The molecule has 120 valence electrons. The molecular weight excluding hydrogens is 266 g/mol. The molecule has 2 atom stereocenters. The van der Waals surface area contributed by atoms with Crippen molar-refractivity contribution in [3.8, 4) is 0 Å². The number of hydrogen-bond donors (Lipinski definition) is 2. The highest BCUT2D eigenvalue weighted by Crippen LogP contribution is 2.34. The van der Waals surface area contributed by atoms with E-state index < -0.39 is 0 Å². The maximum absolute atomic E-state index is 6.08. The van der Waals surface area contributed by atoms with Crippen LogP contribution in [0.1, 0.15) is 64.1 Å². The Bertz CT molecular complexity index is 403. The molecule has 0 aliphatic heterocycles. The molecule has 0 spiro atoms. The Morgan fingerprint density at radius 1 is 1.38 bits per heavy atom. The summed E-state index contributed by atoms with van der Waals surface area (Å²) >= 11 is 0. The molecule has 1 fully saturated rings. The smallest absolute Gasteiger partial charge is 0.0909 e. The summed E-state index contributed by atoms with van der Waals surface area (Å²) in [5.74, 6) is 6.43. The Balaban J connectivity index is 2.19. The maximum atomic E-state index is 6.08. The lowest BCUT2D eigenvalue weighted by atomic mass is 9.82. The molecule has 0 bridgehead atoms. The lowest BCUT2D eigenvalue weighted by Gasteiger charge is -2.35. The number of aryl methyl sites for hydroxylation is 1. The molecule has 0 radical (unpaired) electrons. The second-order valence-corrected chi connectivity index (χ2v) is 5.84. The van der Waals surface area contributed by atoms with Crippen LogP contribution < -0.4 is 11.3 Å². The first-order valence-corrected chi connectivity index (χ1v) is 8.27. The number of nitrogens with two attached hydrogens (primary N) is 1. The minimum absolute atomic E-state index is 0.0467. The van der Waals surface area contributed by atoms with Crippen LogP contribution in [0.5, 0.6) is 0 Å². The monoisotopic (exact) mass is 295 g/mol. The third kappa shape index (κ3) is 4.02. The summed E-state index contributed by atoms with van der Waals surface area (Å²) in [6, 6.07) is -0.0467. The number of rotatable bonds is 8. The molecule has 2 unspecified atom stereocenters. The Morgan fingerprint density at radius 2 is 2.14 bits per heavy atom. The van der Waals surface area contributed by atoms with Gasteiger partial charge in [0.15, 0.2) is 0 Å². The summed E-state index contributed by atoms with van der Waals surface area (Å²) in [4.78, 5) is 0. The van der Waals surface area contributed by atoms with Crippen LogP contribution in [0, 0.1) is 5.92 Å². The average Bonchev–Trinajstić information content (AvgIpc) is 2.97. The Hall–Kier alpha value is -0.980. The summed E-state index contributed by atoms with van der Waals surface area (Å²) in [6.07, 6.45) is 9.29. The minimum Gasteiger partial charge on any atom is -0.376 e. The largest absolute Gasteiger partial charge is 0.376 e. The van der Waals surface area contributed by atoms with Crippen molar-refractivity contribution in [2.24, 2.45) is 11.8 Å². The van der Waals surface area contributed by atoms with Crippen LogP contribution in [0.3, 0.4) is 0 Å². The van der Waals surface area contributed by atoms with Crippen molar-refractivity contribution in [1.29, 1.82) is 0 Å². The van der Waals surface area contributed by atoms with Crippen molar-refractivity contribution in [2.45, 2.75) is 71.1 Å². The molecule has 2 rings (SSSR count). The number of nitrogens with one attached hydrogen (secondary N) is 1. The predicted molar refractivity (Wildman–Crippen MR) is 82.4 cm³/mol. The van der Waals surface area contributed by atoms with Crippen LogP contribution in [-0.2, 0) is 11.3 Å². The fraction of sp³-hybridized carbons (Fsp3) is 0.867. The number of hydrogen-bond acceptors (Lipinski definition) is 5. The molecule has 1 aromatic rings. The minimum atomic E-state index is -0.0467. The molecular formula is C15H29N5O. The molecule has 21 heavy (non-hydrogen) atoms. The molecule has 0 saturated heterocycles. The highest BCUT2D eigenvalue weighted by molar-refractivity contribution is 5.06. The van der Waals surface area contributed by atoms with E-state index in [4.69, 9.17) is 10.6 Å². The van der Waals surface area contributed by atoms with E-state index in [0.29, 0.717) is 12.5 Å². The Morgan fingerprint density at radius 3 is 2.76 bits per heavy atom. The van der Waals surface area contributed by atoms with Crippen molar-refractivity contribution in [2.75, 3.05) is 6.61 Å². The number of ether oxygens (including phenoxy) is 1. The van der Waals surface area contributed by atoms with E-state index >= 15 is 0 Å². The van der Waals surface area contributed by atoms with Gasteiger partial charge in [0, 0.05) is 13.2 Å². The fourth-order valence-corrected chi connectivity index (χ4v) is 3.40. The van der Waals surface area contributed by atoms with Gasteiger partial charge in [-0.2, -0.15) is 0 Å². The Labute approximate surface area is 127 Å². The molecule has 1 heterocycles. The quantitative estimate of drug-likeness (QED) is 0.568. The lowest BCUT2D eigenvalue weighted by molar-refractivity contribution is -0.0202. The normalized spacial score (nSPS) is 19.6. The molecule has 3 N–H and O–H groups in total. The van der Waals surface area contributed by atoms with Gasteiger partial charge in [-0.05, 0) is 32.1 Å². The van der Waals surface area contributed by atoms with Gasteiger partial charge in [-0.25, -0.2) is 10.1 Å². The van der Waals surface area contributed by atoms with Crippen LogP contribution >= 0.6 is 0 Å². The zero-order chi connectivity index (χ0) is 15.1. The van der Waals surface area contributed by atoms with Gasteiger partial charge in [-0.15, -0.1) is 5.10 Å². The van der Waals surface area contributed by atoms with E-state index in [-0.39, 0.29) is 12.1 Å².